The van der Waals surface area contributed by atoms with Crippen molar-refractivity contribution in [1.82, 2.24) is 0 Å². The molecule has 4 rings (SSSR count). The maximum Gasteiger partial charge on any atom is 0.322 e. The Morgan fingerprint density at radius 3 is 2.46 bits per heavy atom. The lowest BCUT2D eigenvalue weighted by Crippen LogP contribution is -2.50. The molecule has 0 bridgehead atoms. The van der Waals surface area contributed by atoms with Gasteiger partial charge in [-0.25, -0.2) is 0 Å². The highest BCUT2D eigenvalue weighted by atomic mass is 16.5. The molecular formula is C23H23NO4. The zero-order valence-corrected chi connectivity index (χ0v) is 16.0. The molecule has 1 aliphatic carbocycles. The van der Waals surface area contributed by atoms with Crippen LogP contribution in [0, 0.1) is 11.3 Å². The number of benzene rings is 2. The lowest BCUT2D eigenvalue weighted by Gasteiger charge is -2.38. The van der Waals surface area contributed by atoms with Crippen molar-refractivity contribution in [3.8, 4) is 0 Å². The molecule has 2 aromatic rings. The number of nitrogens with one attached hydrogen (secondary N) is 1. The van der Waals surface area contributed by atoms with Gasteiger partial charge in [-0.15, -0.1) is 0 Å². The summed E-state index contributed by atoms with van der Waals surface area (Å²) in [4.78, 5) is 39.3. The van der Waals surface area contributed by atoms with Crippen molar-refractivity contribution in [3.05, 3.63) is 65.7 Å². The monoisotopic (exact) mass is 377 g/mol. The van der Waals surface area contributed by atoms with Crippen LogP contribution in [0.4, 0.5) is 5.69 Å². The van der Waals surface area contributed by atoms with Gasteiger partial charge in [-0.05, 0) is 43.4 Å². The van der Waals surface area contributed by atoms with E-state index in [4.69, 9.17) is 4.74 Å². The molecule has 1 amide bonds. The fourth-order valence-corrected chi connectivity index (χ4v) is 5.05. The minimum absolute atomic E-state index is 0.0190. The van der Waals surface area contributed by atoms with Crippen LogP contribution in [-0.4, -0.2) is 24.3 Å². The Labute approximate surface area is 164 Å². The number of Topliss-reactive ketones (excluding diaryl/α,β-unsaturated/α-hetero) is 1. The van der Waals surface area contributed by atoms with E-state index in [9.17, 15) is 14.4 Å². The van der Waals surface area contributed by atoms with E-state index in [1.165, 1.54) is 0 Å². The van der Waals surface area contributed by atoms with E-state index in [0.717, 1.165) is 11.1 Å². The van der Waals surface area contributed by atoms with E-state index >= 15 is 0 Å². The molecule has 28 heavy (non-hydrogen) atoms. The van der Waals surface area contributed by atoms with E-state index in [1.54, 1.807) is 13.8 Å². The summed E-state index contributed by atoms with van der Waals surface area (Å²) >= 11 is 0. The Hall–Kier alpha value is -2.95. The molecule has 1 saturated carbocycles. The molecule has 0 radical (unpaired) electrons. The van der Waals surface area contributed by atoms with E-state index in [0.29, 0.717) is 5.69 Å². The number of ether oxygens (including phenoxy) is 1. The van der Waals surface area contributed by atoms with Gasteiger partial charge in [0.15, 0.2) is 5.41 Å². The van der Waals surface area contributed by atoms with Crippen LogP contribution in [0.3, 0.4) is 0 Å². The van der Waals surface area contributed by atoms with Crippen molar-refractivity contribution in [2.75, 3.05) is 11.9 Å². The molecule has 0 aromatic heterocycles. The van der Waals surface area contributed by atoms with Gasteiger partial charge < -0.3 is 10.1 Å². The molecule has 5 heteroatoms. The zero-order chi connectivity index (χ0) is 19.9. The second-order valence-electron chi connectivity index (χ2n) is 7.57. The molecule has 0 saturated heterocycles. The number of hydrogen-bond acceptors (Lipinski definition) is 4. The third kappa shape index (κ3) is 2.57. The molecule has 0 spiro atoms. The summed E-state index contributed by atoms with van der Waals surface area (Å²) in [5, 5.41) is 2.89. The van der Waals surface area contributed by atoms with Crippen molar-refractivity contribution in [1.29, 1.82) is 0 Å². The van der Waals surface area contributed by atoms with Gasteiger partial charge >= 0.3 is 5.97 Å². The third-order valence-electron chi connectivity index (χ3n) is 6.15. The number of anilines is 1. The summed E-state index contributed by atoms with van der Waals surface area (Å²) in [6.45, 7) is 3.46. The first kappa shape index (κ1) is 18.4. The SMILES string of the molecule is CCOC(=O)[C@]12C[C@H](c3ccccc3)[C@H](C(C)=O)[C@H]1c1ccccc1NC2=O. The predicted molar refractivity (Wildman–Crippen MR) is 105 cm³/mol. The van der Waals surface area contributed by atoms with Crippen LogP contribution in [0.15, 0.2) is 54.6 Å². The summed E-state index contributed by atoms with van der Waals surface area (Å²) < 4.78 is 5.37. The van der Waals surface area contributed by atoms with E-state index in [-0.39, 0.29) is 30.6 Å². The van der Waals surface area contributed by atoms with Gasteiger partial charge in [-0.2, -0.15) is 0 Å². The maximum atomic E-state index is 13.3. The number of esters is 1. The number of carbonyl (C=O) groups is 3. The first-order chi connectivity index (χ1) is 13.5. The summed E-state index contributed by atoms with van der Waals surface area (Å²) in [5.41, 5.74) is 1.05. The third-order valence-corrected chi connectivity index (χ3v) is 6.15. The standard InChI is InChI=1S/C23H23NO4/c1-3-28-22(27)23-13-17(15-9-5-4-6-10-15)19(14(2)25)20(23)16-11-7-8-12-18(16)24-21(23)26/h4-12,17,19-20H,3,13H2,1-2H3,(H,24,26)/t17-,19+,20-,23-/m1/s1. The molecule has 2 aromatic carbocycles. The molecule has 1 heterocycles. The highest BCUT2D eigenvalue weighted by Gasteiger charge is 2.66. The molecule has 2 aliphatic rings. The summed E-state index contributed by atoms with van der Waals surface area (Å²) in [5.74, 6) is -2.19. The number of carbonyl (C=O) groups excluding carboxylic acids is 3. The number of hydrogen-bond donors (Lipinski definition) is 1. The second kappa shape index (κ2) is 6.89. The lowest BCUT2D eigenvalue weighted by molar-refractivity contribution is -0.160. The first-order valence-corrected chi connectivity index (χ1v) is 9.63. The lowest BCUT2D eigenvalue weighted by atomic mass is 9.67. The van der Waals surface area contributed by atoms with Gasteiger partial charge in [0.05, 0.1) is 6.61 Å². The highest BCUT2D eigenvalue weighted by molar-refractivity contribution is 6.13. The molecule has 1 fully saturated rings. The Morgan fingerprint density at radius 2 is 1.79 bits per heavy atom. The molecule has 1 N–H and O–H groups in total. The van der Waals surface area contributed by atoms with Gasteiger partial charge in [0.1, 0.15) is 5.78 Å². The second-order valence-corrected chi connectivity index (χ2v) is 7.57. The van der Waals surface area contributed by atoms with Crippen LogP contribution in [0.2, 0.25) is 0 Å². The van der Waals surface area contributed by atoms with Crippen LogP contribution < -0.4 is 5.32 Å². The van der Waals surface area contributed by atoms with E-state index in [2.05, 4.69) is 5.32 Å². The first-order valence-electron chi connectivity index (χ1n) is 9.63. The Morgan fingerprint density at radius 1 is 1.11 bits per heavy atom. The summed E-state index contributed by atoms with van der Waals surface area (Å²) in [6, 6.07) is 17.1. The normalized spacial score (nSPS) is 28.1. The maximum absolute atomic E-state index is 13.3. The molecule has 5 nitrogen and oxygen atoms in total. The average Bonchev–Trinajstić information content (AvgIpc) is 3.07. The van der Waals surface area contributed by atoms with Crippen molar-refractivity contribution in [3.63, 3.8) is 0 Å². The van der Waals surface area contributed by atoms with Crippen LogP contribution >= 0.6 is 0 Å². The van der Waals surface area contributed by atoms with Crippen molar-refractivity contribution in [2.45, 2.75) is 32.1 Å². The predicted octanol–water partition coefficient (Wildman–Crippen LogP) is 3.66. The molecule has 4 atom stereocenters. The number of fused-ring (bicyclic) bond motifs is 3. The van der Waals surface area contributed by atoms with Gasteiger partial charge in [0.25, 0.3) is 0 Å². The summed E-state index contributed by atoms with van der Waals surface area (Å²) in [7, 11) is 0. The van der Waals surface area contributed by atoms with E-state index in [1.807, 2.05) is 54.6 Å². The van der Waals surface area contributed by atoms with Crippen LogP contribution in [0.1, 0.15) is 43.2 Å². The molecule has 144 valence electrons. The van der Waals surface area contributed by atoms with Gasteiger partial charge in [0, 0.05) is 17.5 Å². The van der Waals surface area contributed by atoms with Gasteiger partial charge in [-0.1, -0.05) is 48.5 Å². The average molecular weight is 377 g/mol. The van der Waals surface area contributed by atoms with Crippen LogP contribution in [0.25, 0.3) is 0 Å². The molecular weight excluding hydrogens is 354 g/mol. The zero-order valence-electron chi connectivity index (χ0n) is 16.0. The molecule has 1 aliphatic heterocycles. The number of ketones is 1. The largest absolute Gasteiger partial charge is 0.465 e. The molecule has 0 unspecified atom stereocenters. The minimum Gasteiger partial charge on any atom is -0.465 e. The Kier molecular flexibility index (Phi) is 4.53. The summed E-state index contributed by atoms with van der Waals surface area (Å²) in [6.07, 6.45) is 0.255. The number of amides is 1. The fourth-order valence-electron chi connectivity index (χ4n) is 5.05. The fraction of sp³-hybridized carbons (Fsp3) is 0.348. The smallest absolute Gasteiger partial charge is 0.322 e. The van der Waals surface area contributed by atoms with E-state index < -0.39 is 23.2 Å². The Balaban J connectivity index is 1.95. The topological polar surface area (TPSA) is 72.5 Å². The number of para-hydroxylation sites is 1. The Bertz CT molecular complexity index is 939. The van der Waals surface area contributed by atoms with Crippen molar-refractivity contribution in [2.24, 2.45) is 11.3 Å². The van der Waals surface area contributed by atoms with Crippen molar-refractivity contribution < 1.29 is 19.1 Å². The highest BCUT2D eigenvalue weighted by Crippen LogP contribution is 2.62. The van der Waals surface area contributed by atoms with Gasteiger partial charge in [-0.3, -0.25) is 14.4 Å². The quantitative estimate of drug-likeness (QED) is 0.652. The van der Waals surface area contributed by atoms with Crippen LogP contribution in [0.5, 0.6) is 0 Å². The van der Waals surface area contributed by atoms with Crippen LogP contribution in [-0.2, 0) is 19.1 Å². The minimum atomic E-state index is -1.40. The van der Waals surface area contributed by atoms with Gasteiger partial charge in [0.2, 0.25) is 5.91 Å². The van der Waals surface area contributed by atoms with Crippen molar-refractivity contribution >= 4 is 23.3 Å². The number of rotatable bonds is 4.